The predicted molar refractivity (Wildman–Crippen MR) is 65.6 cm³/mol. The van der Waals surface area contributed by atoms with Crippen molar-refractivity contribution < 1.29 is 13.6 Å². The van der Waals surface area contributed by atoms with Gasteiger partial charge in [-0.05, 0) is 13.3 Å². The van der Waals surface area contributed by atoms with Crippen LogP contribution in [0, 0.1) is 5.92 Å². The van der Waals surface area contributed by atoms with Gasteiger partial charge in [0.25, 0.3) is 0 Å². The summed E-state index contributed by atoms with van der Waals surface area (Å²) in [5, 5.41) is 4.75. The Morgan fingerprint density at radius 1 is 1.72 bits per heavy atom. The molecular weight excluding hydrogens is 260 g/mol. The zero-order valence-electron chi connectivity index (χ0n) is 9.95. The van der Waals surface area contributed by atoms with Crippen LogP contribution in [0.3, 0.4) is 0 Å². The van der Waals surface area contributed by atoms with Crippen molar-refractivity contribution in [3.63, 3.8) is 0 Å². The van der Waals surface area contributed by atoms with Crippen LogP contribution in [0.25, 0.3) is 0 Å². The number of halogens is 2. The van der Waals surface area contributed by atoms with Gasteiger partial charge < -0.3 is 11.1 Å². The number of thiazole rings is 1. The van der Waals surface area contributed by atoms with E-state index in [-0.39, 0.29) is 31.2 Å². The van der Waals surface area contributed by atoms with Gasteiger partial charge in [0.2, 0.25) is 11.8 Å². The molecule has 0 aromatic carbocycles. The summed E-state index contributed by atoms with van der Waals surface area (Å²) >= 11 is 1.25. The second-order valence-corrected chi connectivity index (χ2v) is 5.51. The second kappa shape index (κ2) is 4.89. The third-order valence-electron chi connectivity index (χ3n) is 2.99. The minimum Gasteiger partial charge on any atom is -0.323 e. The molecule has 1 aromatic rings. The van der Waals surface area contributed by atoms with Crippen molar-refractivity contribution in [2.24, 2.45) is 11.7 Å². The lowest BCUT2D eigenvalue weighted by atomic mass is 10.1. The minimum absolute atomic E-state index is 0.206. The number of aromatic nitrogens is 1. The molecule has 2 unspecified atom stereocenters. The van der Waals surface area contributed by atoms with Crippen LogP contribution >= 0.6 is 11.3 Å². The van der Waals surface area contributed by atoms with Gasteiger partial charge in [0, 0.05) is 30.2 Å². The molecule has 1 amide bonds. The van der Waals surface area contributed by atoms with Crippen LogP contribution in [0.15, 0.2) is 5.38 Å². The maximum atomic E-state index is 13.0. The van der Waals surface area contributed by atoms with Crippen molar-refractivity contribution in [1.82, 2.24) is 4.98 Å². The number of nitrogens with zero attached hydrogens (tertiary/aromatic N) is 1. The molecule has 1 heterocycles. The molecule has 1 saturated carbocycles. The Bertz CT molecular complexity index is 447. The normalized spacial score (nSPS) is 23.9. The Balaban J connectivity index is 1.95. The first-order valence-corrected chi connectivity index (χ1v) is 6.65. The maximum absolute atomic E-state index is 13.0. The summed E-state index contributed by atoms with van der Waals surface area (Å²) in [5.74, 6) is -3.71. The molecule has 1 aliphatic carbocycles. The molecule has 2 rings (SSSR count). The van der Waals surface area contributed by atoms with Crippen molar-refractivity contribution >= 4 is 22.4 Å². The van der Waals surface area contributed by atoms with Gasteiger partial charge in [0.1, 0.15) is 0 Å². The highest BCUT2D eigenvalue weighted by Crippen LogP contribution is 2.39. The molecule has 2 atom stereocenters. The van der Waals surface area contributed by atoms with E-state index in [2.05, 4.69) is 10.3 Å². The van der Waals surface area contributed by atoms with Crippen LogP contribution in [0.5, 0.6) is 0 Å². The Labute approximate surface area is 108 Å². The fourth-order valence-corrected chi connectivity index (χ4v) is 2.75. The molecule has 1 aromatic heterocycles. The summed E-state index contributed by atoms with van der Waals surface area (Å²) in [5.41, 5.74) is 6.33. The average molecular weight is 275 g/mol. The zero-order valence-corrected chi connectivity index (χ0v) is 10.8. The number of rotatable bonds is 3. The summed E-state index contributed by atoms with van der Waals surface area (Å²) < 4.78 is 26.0. The molecule has 0 aliphatic heterocycles. The highest BCUT2D eigenvalue weighted by atomic mass is 32.1. The predicted octanol–water partition coefficient (Wildman–Crippen LogP) is 2.54. The van der Waals surface area contributed by atoms with Crippen LogP contribution in [-0.4, -0.2) is 16.8 Å². The highest BCUT2D eigenvalue weighted by molar-refractivity contribution is 7.13. The van der Waals surface area contributed by atoms with Gasteiger partial charge in [-0.1, -0.05) is 0 Å². The molecule has 1 fully saturated rings. The summed E-state index contributed by atoms with van der Waals surface area (Å²) in [4.78, 5) is 15.9. The Kier molecular flexibility index (Phi) is 3.63. The van der Waals surface area contributed by atoms with Gasteiger partial charge in [-0.2, -0.15) is 0 Å². The topological polar surface area (TPSA) is 68.0 Å². The quantitative estimate of drug-likeness (QED) is 0.890. The van der Waals surface area contributed by atoms with E-state index in [9.17, 15) is 13.6 Å². The van der Waals surface area contributed by atoms with Crippen LogP contribution in [0.2, 0.25) is 0 Å². The fourth-order valence-electron chi connectivity index (χ4n) is 1.93. The SMILES string of the molecule is CC(N)c1csc(NC(=O)C2CCC(F)(F)C2)n1. The number of hydrogen-bond donors (Lipinski definition) is 2. The number of alkyl halides is 2. The van der Waals surface area contributed by atoms with E-state index in [0.29, 0.717) is 10.8 Å². The van der Waals surface area contributed by atoms with Crippen LogP contribution in [-0.2, 0) is 4.79 Å². The first-order valence-electron chi connectivity index (χ1n) is 5.77. The smallest absolute Gasteiger partial charge is 0.248 e. The van der Waals surface area contributed by atoms with E-state index in [4.69, 9.17) is 5.73 Å². The minimum atomic E-state index is -2.71. The summed E-state index contributed by atoms with van der Waals surface area (Å²) in [6, 6.07) is -0.206. The third-order valence-corrected chi connectivity index (χ3v) is 3.77. The Morgan fingerprint density at radius 3 is 2.94 bits per heavy atom. The van der Waals surface area contributed by atoms with E-state index in [0.717, 1.165) is 0 Å². The molecule has 1 aliphatic rings. The number of carbonyl (C=O) groups excluding carboxylic acids is 1. The van der Waals surface area contributed by atoms with E-state index in [1.54, 1.807) is 12.3 Å². The van der Waals surface area contributed by atoms with Crippen LogP contribution in [0.4, 0.5) is 13.9 Å². The standard InChI is InChI=1S/C11H15F2N3OS/c1-6(14)8-5-18-10(15-8)16-9(17)7-2-3-11(12,13)4-7/h5-7H,2-4,14H2,1H3,(H,15,16,17). The van der Waals surface area contributed by atoms with Crippen LogP contribution in [0.1, 0.15) is 37.9 Å². The number of amides is 1. The monoisotopic (exact) mass is 275 g/mol. The number of nitrogens with one attached hydrogen (secondary N) is 1. The average Bonchev–Trinajstić information content (AvgIpc) is 2.84. The van der Waals surface area contributed by atoms with E-state index in [1.165, 1.54) is 11.3 Å². The van der Waals surface area contributed by atoms with Crippen molar-refractivity contribution in [3.05, 3.63) is 11.1 Å². The van der Waals surface area contributed by atoms with Gasteiger partial charge >= 0.3 is 0 Å². The lowest BCUT2D eigenvalue weighted by molar-refractivity contribution is -0.120. The molecule has 18 heavy (non-hydrogen) atoms. The highest BCUT2D eigenvalue weighted by Gasteiger charge is 2.42. The number of hydrogen-bond acceptors (Lipinski definition) is 4. The summed E-state index contributed by atoms with van der Waals surface area (Å²) in [7, 11) is 0. The largest absolute Gasteiger partial charge is 0.323 e. The van der Waals surface area contributed by atoms with Gasteiger partial charge in [-0.25, -0.2) is 13.8 Å². The van der Waals surface area contributed by atoms with Crippen LogP contribution < -0.4 is 11.1 Å². The van der Waals surface area contributed by atoms with Crippen molar-refractivity contribution in [1.29, 1.82) is 0 Å². The summed E-state index contributed by atoms with van der Waals surface area (Å²) in [6.07, 6.45) is -0.358. The zero-order chi connectivity index (χ0) is 13.3. The number of nitrogens with two attached hydrogens (primary N) is 1. The lowest BCUT2D eigenvalue weighted by Crippen LogP contribution is -2.22. The van der Waals surface area contributed by atoms with E-state index < -0.39 is 11.8 Å². The first kappa shape index (κ1) is 13.4. The molecule has 7 heteroatoms. The van der Waals surface area contributed by atoms with Gasteiger partial charge in [0.15, 0.2) is 5.13 Å². The van der Waals surface area contributed by atoms with E-state index in [1.807, 2.05) is 0 Å². The number of carbonyl (C=O) groups is 1. The molecule has 0 saturated heterocycles. The molecular formula is C11H15F2N3OS. The second-order valence-electron chi connectivity index (χ2n) is 4.65. The Hall–Kier alpha value is -1.08. The van der Waals surface area contributed by atoms with Gasteiger partial charge in [0.05, 0.1) is 5.69 Å². The first-order chi connectivity index (χ1) is 8.37. The molecule has 100 valence electrons. The third kappa shape index (κ3) is 3.02. The van der Waals surface area contributed by atoms with Crippen molar-refractivity contribution in [2.75, 3.05) is 5.32 Å². The van der Waals surface area contributed by atoms with Crippen molar-refractivity contribution in [3.8, 4) is 0 Å². The van der Waals surface area contributed by atoms with Gasteiger partial charge in [-0.15, -0.1) is 11.3 Å². The molecule has 0 bridgehead atoms. The molecule has 0 radical (unpaired) electrons. The van der Waals surface area contributed by atoms with Crippen molar-refractivity contribution in [2.45, 2.75) is 38.2 Å². The number of anilines is 1. The van der Waals surface area contributed by atoms with Gasteiger partial charge in [-0.3, -0.25) is 4.79 Å². The maximum Gasteiger partial charge on any atom is 0.248 e. The molecule has 0 spiro atoms. The fraction of sp³-hybridized carbons (Fsp3) is 0.636. The lowest BCUT2D eigenvalue weighted by Gasteiger charge is -2.09. The molecule has 3 N–H and O–H groups in total. The molecule has 4 nitrogen and oxygen atoms in total. The summed E-state index contributed by atoms with van der Waals surface area (Å²) in [6.45, 7) is 1.79. The van der Waals surface area contributed by atoms with E-state index >= 15 is 0 Å². The Morgan fingerprint density at radius 2 is 2.44 bits per heavy atom.